The number of H-pyrrole nitrogens is 1. The molecule has 0 atom stereocenters. The standard InChI is InChI=1S/C14H15N3S2/c1-19-14(5-2-6-14)9-17-12-7-10(8-15)3-4-11(12)16-13(17)18/h3-4,7H,2,5-6,9H2,1H3,(H,16,18). The third kappa shape index (κ3) is 2.09. The van der Waals surface area contributed by atoms with E-state index >= 15 is 0 Å². The fourth-order valence-corrected chi connectivity index (χ4v) is 3.89. The van der Waals surface area contributed by atoms with Gasteiger partial charge in [-0.1, -0.05) is 6.42 Å². The summed E-state index contributed by atoms with van der Waals surface area (Å²) < 4.78 is 3.24. The van der Waals surface area contributed by atoms with Gasteiger partial charge >= 0.3 is 0 Å². The van der Waals surface area contributed by atoms with Gasteiger partial charge in [0.2, 0.25) is 0 Å². The molecule has 0 radical (unpaired) electrons. The number of thioether (sulfide) groups is 1. The molecule has 0 unspecified atom stereocenters. The summed E-state index contributed by atoms with van der Waals surface area (Å²) in [7, 11) is 0. The zero-order valence-corrected chi connectivity index (χ0v) is 12.4. The van der Waals surface area contributed by atoms with Gasteiger partial charge in [-0.2, -0.15) is 17.0 Å². The predicted molar refractivity (Wildman–Crippen MR) is 81.9 cm³/mol. The van der Waals surface area contributed by atoms with Crippen molar-refractivity contribution in [3.05, 3.63) is 28.5 Å². The highest BCUT2D eigenvalue weighted by atomic mass is 32.2. The molecule has 5 heteroatoms. The van der Waals surface area contributed by atoms with E-state index in [1.165, 1.54) is 19.3 Å². The van der Waals surface area contributed by atoms with Gasteiger partial charge in [-0.3, -0.25) is 0 Å². The van der Waals surface area contributed by atoms with Crippen molar-refractivity contribution in [1.29, 1.82) is 5.26 Å². The summed E-state index contributed by atoms with van der Waals surface area (Å²) in [5, 5.41) is 9.03. The third-order valence-corrected chi connectivity index (χ3v) is 5.77. The zero-order valence-electron chi connectivity index (χ0n) is 10.8. The Hall–Kier alpha value is -1.25. The van der Waals surface area contributed by atoms with Crippen LogP contribution in [0.1, 0.15) is 24.8 Å². The number of aromatic nitrogens is 2. The second-order valence-corrected chi connectivity index (χ2v) is 6.76. The number of hydrogen-bond acceptors (Lipinski definition) is 3. The number of rotatable bonds is 3. The Morgan fingerprint density at radius 3 is 2.89 bits per heavy atom. The predicted octanol–water partition coefficient (Wildman–Crippen LogP) is 3.86. The van der Waals surface area contributed by atoms with Gasteiger partial charge in [0.1, 0.15) is 0 Å². The molecule has 0 spiro atoms. The third-order valence-electron chi connectivity index (χ3n) is 4.05. The number of benzene rings is 1. The van der Waals surface area contributed by atoms with E-state index in [1.807, 2.05) is 30.0 Å². The average molecular weight is 289 g/mol. The van der Waals surface area contributed by atoms with Gasteiger partial charge in [0.25, 0.3) is 0 Å². The number of fused-ring (bicyclic) bond motifs is 1. The molecule has 0 bridgehead atoms. The Kier molecular flexibility index (Phi) is 3.15. The Bertz CT molecular complexity index is 711. The molecule has 19 heavy (non-hydrogen) atoms. The Morgan fingerprint density at radius 1 is 1.53 bits per heavy atom. The lowest BCUT2D eigenvalue weighted by Crippen LogP contribution is -2.37. The van der Waals surface area contributed by atoms with Crippen LogP contribution in [0, 0.1) is 16.1 Å². The number of aromatic amines is 1. The number of imidazole rings is 1. The average Bonchev–Trinajstić information content (AvgIpc) is 2.69. The highest BCUT2D eigenvalue weighted by molar-refractivity contribution is 8.00. The Labute approximate surface area is 121 Å². The molecule has 0 aliphatic heterocycles. The molecular formula is C14H15N3S2. The van der Waals surface area contributed by atoms with E-state index in [1.54, 1.807) is 0 Å². The first-order chi connectivity index (χ1) is 9.17. The first-order valence-electron chi connectivity index (χ1n) is 6.35. The summed E-state index contributed by atoms with van der Waals surface area (Å²) in [5.41, 5.74) is 2.74. The fourth-order valence-electron chi connectivity index (χ4n) is 2.67. The van der Waals surface area contributed by atoms with Crippen LogP contribution < -0.4 is 0 Å². The molecule has 0 saturated heterocycles. The maximum Gasteiger partial charge on any atom is 0.178 e. The first-order valence-corrected chi connectivity index (χ1v) is 7.99. The van der Waals surface area contributed by atoms with Crippen molar-refractivity contribution >= 4 is 35.0 Å². The fraction of sp³-hybridized carbons (Fsp3) is 0.429. The molecule has 0 amide bonds. The molecule has 1 aromatic carbocycles. The molecule has 2 aromatic rings. The van der Waals surface area contributed by atoms with Crippen LogP contribution in [-0.2, 0) is 6.54 Å². The lowest BCUT2D eigenvalue weighted by atomic mass is 9.84. The quantitative estimate of drug-likeness (QED) is 0.873. The van der Waals surface area contributed by atoms with Gasteiger partial charge in [0, 0.05) is 11.3 Å². The van der Waals surface area contributed by atoms with Gasteiger partial charge in [0.05, 0.1) is 22.7 Å². The highest BCUT2D eigenvalue weighted by Crippen LogP contribution is 2.44. The van der Waals surface area contributed by atoms with Crippen LogP contribution in [0.15, 0.2) is 18.2 Å². The Balaban J connectivity index is 2.09. The lowest BCUT2D eigenvalue weighted by Gasteiger charge is -2.40. The van der Waals surface area contributed by atoms with E-state index in [4.69, 9.17) is 17.5 Å². The van der Waals surface area contributed by atoms with Gasteiger partial charge in [-0.25, -0.2) is 0 Å². The second-order valence-electron chi connectivity index (χ2n) is 5.10. The molecule has 1 aliphatic carbocycles. The smallest absolute Gasteiger partial charge is 0.178 e. The van der Waals surface area contributed by atoms with Crippen molar-refractivity contribution in [3.8, 4) is 6.07 Å². The minimum atomic E-state index is 0.329. The van der Waals surface area contributed by atoms with E-state index in [-0.39, 0.29) is 0 Å². The summed E-state index contributed by atoms with van der Waals surface area (Å²) in [4.78, 5) is 3.23. The van der Waals surface area contributed by atoms with Crippen molar-refractivity contribution in [1.82, 2.24) is 9.55 Å². The van der Waals surface area contributed by atoms with Crippen molar-refractivity contribution in [2.45, 2.75) is 30.6 Å². The minimum absolute atomic E-state index is 0.329. The highest BCUT2D eigenvalue weighted by Gasteiger charge is 2.36. The van der Waals surface area contributed by atoms with Gasteiger partial charge < -0.3 is 9.55 Å². The molecule has 3 rings (SSSR count). The maximum atomic E-state index is 9.03. The van der Waals surface area contributed by atoms with Crippen molar-refractivity contribution in [2.24, 2.45) is 0 Å². The molecule has 1 N–H and O–H groups in total. The van der Waals surface area contributed by atoms with Crippen molar-refractivity contribution < 1.29 is 0 Å². The normalized spacial score (nSPS) is 17.1. The topological polar surface area (TPSA) is 44.5 Å². The first kappa shape index (κ1) is 12.8. The molecule has 1 aromatic heterocycles. The summed E-state index contributed by atoms with van der Waals surface area (Å²) in [6.45, 7) is 0.932. The largest absolute Gasteiger partial charge is 0.331 e. The number of nitrogens with zero attached hydrogens (tertiary/aromatic N) is 2. The zero-order chi connectivity index (χ0) is 13.5. The summed E-state index contributed by atoms with van der Waals surface area (Å²) in [6, 6.07) is 7.88. The van der Waals surface area contributed by atoms with E-state index in [9.17, 15) is 0 Å². The molecular weight excluding hydrogens is 274 g/mol. The van der Waals surface area contributed by atoms with Crippen LogP contribution in [0.4, 0.5) is 0 Å². The number of nitrogens with one attached hydrogen (secondary N) is 1. The summed E-state index contributed by atoms with van der Waals surface area (Å²) in [5.74, 6) is 0. The second kappa shape index (κ2) is 4.69. The molecule has 1 heterocycles. The van der Waals surface area contributed by atoms with Gasteiger partial charge in [0.15, 0.2) is 4.77 Å². The summed E-state index contributed by atoms with van der Waals surface area (Å²) >= 11 is 7.37. The molecule has 1 fully saturated rings. The number of hydrogen-bond donors (Lipinski definition) is 1. The van der Waals surface area contributed by atoms with Crippen molar-refractivity contribution in [2.75, 3.05) is 6.26 Å². The van der Waals surface area contributed by atoms with Crippen LogP contribution >= 0.6 is 24.0 Å². The van der Waals surface area contributed by atoms with Crippen LogP contribution in [0.2, 0.25) is 0 Å². The van der Waals surface area contributed by atoms with Crippen LogP contribution in [-0.4, -0.2) is 20.6 Å². The van der Waals surface area contributed by atoms with Crippen LogP contribution in [0.25, 0.3) is 11.0 Å². The van der Waals surface area contributed by atoms with Crippen LogP contribution in [0.3, 0.4) is 0 Å². The monoisotopic (exact) mass is 289 g/mol. The molecule has 3 nitrogen and oxygen atoms in total. The van der Waals surface area contributed by atoms with E-state index in [0.717, 1.165) is 22.3 Å². The number of nitriles is 1. The molecule has 98 valence electrons. The lowest BCUT2D eigenvalue weighted by molar-refractivity contribution is 0.323. The molecule has 1 aliphatic rings. The van der Waals surface area contributed by atoms with Crippen LogP contribution in [0.5, 0.6) is 0 Å². The van der Waals surface area contributed by atoms with E-state index in [2.05, 4.69) is 21.9 Å². The van der Waals surface area contributed by atoms with Gasteiger partial charge in [-0.15, -0.1) is 0 Å². The minimum Gasteiger partial charge on any atom is -0.331 e. The van der Waals surface area contributed by atoms with E-state index < -0.39 is 0 Å². The van der Waals surface area contributed by atoms with Gasteiger partial charge in [-0.05, 0) is 49.5 Å². The van der Waals surface area contributed by atoms with Crippen molar-refractivity contribution in [3.63, 3.8) is 0 Å². The summed E-state index contributed by atoms with van der Waals surface area (Å²) in [6.07, 6.45) is 5.99. The maximum absolute atomic E-state index is 9.03. The SMILES string of the molecule is CSC1(Cn2c(=S)[nH]c3ccc(C#N)cc32)CCC1. The Morgan fingerprint density at radius 2 is 2.32 bits per heavy atom. The molecule has 1 saturated carbocycles. The van der Waals surface area contributed by atoms with E-state index in [0.29, 0.717) is 10.3 Å².